The Morgan fingerprint density at radius 3 is 2.15 bits per heavy atom. The van der Waals surface area contributed by atoms with Gasteiger partial charge in [-0.15, -0.1) is 0 Å². The van der Waals surface area contributed by atoms with Crippen molar-refractivity contribution < 1.29 is 4.74 Å². The molecule has 6 heteroatoms. The van der Waals surface area contributed by atoms with Gasteiger partial charge >= 0.3 is 0 Å². The lowest BCUT2D eigenvalue weighted by Crippen LogP contribution is -2.55. The molecule has 0 amide bonds. The molecule has 2 heterocycles. The second-order valence-electron chi connectivity index (χ2n) is 6.94. The summed E-state index contributed by atoms with van der Waals surface area (Å²) in [4.78, 5) is 4.92. The van der Waals surface area contributed by atoms with E-state index in [0.717, 1.165) is 16.2 Å². The van der Waals surface area contributed by atoms with Crippen LogP contribution in [0.5, 0.6) is 0 Å². The molecule has 0 N–H and O–H groups in total. The molecule has 2 aliphatic rings. The van der Waals surface area contributed by atoms with Crippen LogP contribution in [0.3, 0.4) is 0 Å². The number of aliphatic imine (C=N–C) groups is 1. The third-order valence-corrected chi connectivity index (χ3v) is 8.69. The largest absolute Gasteiger partial charge is 0.327 e. The van der Waals surface area contributed by atoms with E-state index in [4.69, 9.17) is 9.73 Å². The Morgan fingerprint density at radius 1 is 0.963 bits per heavy atom. The SMILES string of the molecule is CC1(C)N=C(c2ccccc2)S[C@]12S[C@H](c1ccccc1)OC2(C#N)C#N. The van der Waals surface area contributed by atoms with E-state index in [0.29, 0.717) is 0 Å². The predicted molar refractivity (Wildman–Crippen MR) is 109 cm³/mol. The Labute approximate surface area is 167 Å². The van der Waals surface area contributed by atoms with Crippen LogP contribution >= 0.6 is 23.5 Å². The molecule has 0 bridgehead atoms. The summed E-state index contributed by atoms with van der Waals surface area (Å²) in [6.07, 6.45) is 0. The molecule has 0 aromatic heterocycles. The van der Waals surface area contributed by atoms with Gasteiger partial charge < -0.3 is 4.74 Å². The van der Waals surface area contributed by atoms with Crippen LogP contribution in [0.2, 0.25) is 0 Å². The van der Waals surface area contributed by atoms with Gasteiger partial charge in [-0.25, -0.2) is 0 Å². The number of rotatable bonds is 2. The zero-order valence-corrected chi connectivity index (χ0v) is 16.6. The predicted octanol–water partition coefficient (Wildman–Crippen LogP) is 4.90. The number of hydrogen-bond acceptors (Lipinski definition) is 6. The molecule has 0 radical (unpaired) electrons. The third-order valence-electron chi connectivity index (χ3n) is 4.85. The fourth-order valence-corrected chi connectivity index (χ4v) is 6.95. The normalized spacial score (nSPS) is 27.7. The first-order chi connectivity index (χ1) is 13.0. The molecule has 0 aliphatic carbocycles. The van der Waals surface area contributed by atoms with Gasteiger partial charge in [-0.3, -0.25) is 4.99 Å². The molecule has 4 rings (SSSR count). The summed E-state index contributed by atoms with van der Waals surface area (Å²) in [7, 11) is 0. The van der Waals surface area contributed by atoms with Gasteiger partial charge in [0.25, 0.3) is 5.60 Å². The van der Waals surface area contributed by atoms with E-state index in [1.807, 2.05) is 74.5 Å². The maximum atomic E-state index is 10.0. The monoisotopic (exact) mass is 391 g/mol. The molecular weight excluding hydrogens is 374 g/mol. The lowest BCUT2D eigenvalue weighted by molar-refractivity contribution is 0.0243. The van der Waals surface area contributed by atoms with E-state index in [2.05, 4.69) is 12.1 Å². The lowest BCUT2D eigenvalue weighted by Gasteiger charge is -2.38. The van der Waals surface area contributed by atoms with Crippen molar-refractivity contribution in [3.63, 3.8) is 0 Å². The average molecular weight is 392 g/mol. The van der Waals surface area contributed by atoms with Gasteiger partial charge in [0.2, 0.25) is 0 Å². The second kappa shape index (κ2) is 6.42. The van der Waals surface area contributed by atoms with Crippen LogP contribution in [-0.2, 0) is 4.74 Å². The molecule has 2 aliphatic heterocycles. The number of ether oxygens (including phenoxy) is 1. The number of thioether (sulfide) groups is 2. The Hall–Kier alpha value is -2.25. The quantitative estimate of drug-likeness (QED) is 0.728. The van der Waals surface area contributed by atoms with E-state index in [1.54, 1.807) is 0 Å². The summed E-state index contributed by atoms with van der Waals surface area (Å²) in [5, 5.41) is 20.9. The van der Waals surface area contributed by atoms with E-state index in [-0.39, 0.29) is 0 Å². The third kappa shape index (κ3) is 2.60. The van der Waals surface area contributed by atoms with Gasteiger partial charge in [0.15, 0.2) is 4.08 Å². The van der Waals surface area contributed by atoms with Crippen molar-refractivity contribution in [2.75, 3.05) is 0 Å². The fraction of sp³-hybridized carbons (Fsp3) is 0.286. The molecule has 2 aromatic rings. The summed E-state index contributed by atoms with van der Waals surface area (Å²) in [5.41, 5.74) is -0.739. The highest BCUT2D eigenvalue weighted by Gasteiger charge is 2.72. The van der Waals surface area contributed by atoms with Crippen molar-refractivity contribution in [2.45, 2.75) is 34.5 Å². The van der Waals surface area contributed by atoms with Crippen LogP contribution in [0.1, 0.15) is 30.4 Å². The van der Waals surface area contributed by atoms with Gasteiger partial charge in [-0.05, 0) is 19.4 Å². The van der Waals surface area contributed by atoms with E-state index in [1.165, 1.54) is 23.5 Å². The fourth-order valence-electron chi connectivity index (χ4n) is 3.45. The van der Waals surface area contributed by atoms with E-state index >= 15 is 0 Å². The van der Waals surface area contributed by atoms with Crippen molar-refractivity contribution in [1.29, 1.82) is 10.5 Å². The molecule has 0 unspecified atom stereocenters. The highest BCUT2D eigenvalue weighted by atomic mass is 32.2. The second-order valence-corrected chi connectivity index (χ2v) is 9.68. The smallest absolute Gasteiger partial charge is 0.269 e. The Bertz CT molecular complexity index is 962. The van der Waals surface area contributed by atoms with Crippen LogP contribution in [0.25, 0.3) is 0 Å². The molecule has 2 aromatic carbocycles. The summed E-state index contributed by atoms with van der Waals surface area (Å²) in [6.45, 7) is 3.95. The number of benzene rings is 2. The summed E-state index contributed by atoms with van der Waals surface area (Å²) in [5.74, 6) is 0. The zero-order valence-electron chi connectivity index (χ0n) is 14.9. The van der Waals surface area contributed by atoms with Crippen LogP contribution in [0.15, 0.2) is 65.7 Å². The van der Waals surface area contributed by atoms with E-state index < -0.39 is 20.7 Å². The van der Waals surface area contributed by atoms with Crippen LogP contribution in [0.4, 0.5) is 0 Å². The van der Waals surface area contributed by atoms with Crippen molar-refractivity contribution in [1.82, 2.24) is 0 Å². The molecule has 1 saturated heterocycles. The van der Waals surface area contributed by atoms with Crippen molar-refractivity contribution >= 4 is 28.6 Å². The average Bonchev–Trinajstić information content (AvgIpc) is 3.19. The Kier molecular flexibility index (Phi) is 4.31. The summed E-state index contributed by atoms with van der Waals surface area (Å²) in [6, 6.07) is 24.0. The minimum atomic E-state index is -1.60. The standard InChI is InChI=1S/C21H17N3OS2/c1-19(2)21(26-17(24-19)15-9-5-3-6-10-15)20(13-22,14-23)25-18(27-21)16-11-7-4-8-12-16/h3-12,18H,1-2H3/t18-,21+/m1/s1. The maximum absolute atomic E-state index is 10.0. The zero-order chi connectivity index (χ0) is 19.1. The Balaban J connectivity index is 1.81. The Morgan fingerprint density at radius 2 is 1.56 bits per heavy atom. The molecule has 4 nitrogen and oxygen atoms in total. The molecule has 1 spiro atoms. The van der Waals surface area contributed by atoms with Crippen LogP contribution in [0, 0.1) is 22.7 Å². The lowest BCUT2D eigenvalue weighted by atomic mass is 9.87. The first-order valence-corrected chi connectivity index (χ1v) is 10.2. The highest BCUT2D eigenvalue weighted by molar-refractivity contribution is 8.27. The first kappa shape index (κ1) is 18.1. The van der Waals surface area contributed by atoms with Gasteiger partial charge in [-0.1, -0.05) is 84.2 Å². The first-order valence-electron chi connectivity index (χ1n) is 8.54. The molecule has 134 valence electrons. The molecule has 1 fully saturated rings. The minimum absolute atomic E-state index is 0.400. The number of hydrogen-bond donors (Lipinski definition) is 0. The topological polar surface area (TPSA) is 69.2 Å². The highest BCUT2D eigenvalue weighted by Crippen LogP contribution is 2.68. The molecule has 27 heavy (non-hydrogen) atoms. The summed E-state index contributed by atoms with van der Waals surface area (Å²) >= 11 is 2.99. The van der Waals surface area contributed by atoms with Crippen molar-refractivity contribution in [2.24, 2.45) is 4.99 Å². The molecule has 0 saturated carbocycles. The number of nitrogens with zero attached hydrogens (tertiary/aromatic N) is 3. The molecule has 2 atom stereocenters. The van der Waals surface area contributed by atoms with Gasteiger partial charge in [-0.2, -0.15) is 10.5 Å². The van der Waals surface area contributed by atoms with E-state index in [9.17, 15) is 10.5 Å². The van der Waals surface area contributed by atoms with Crippen molar-refractivity contribution in [3.05, 3.63) is 71.8 Å². The number of nitriles is 2. The van der Waals surface area contributed by atoms with Gasteiger partial charge in [0.05, 0.1) is 5.54 Å². The molecular formula is C21H17N3OS2. The van der Waals surface area contributed by atoms with Crippen molar-refractivity contribution in [3.8, 4) is 12.1 Å². The maximum Gasteiger partial charge on any atom is 0.269 e. The van der Waals surface area contributed by atoms with Gasteiger partial charge in [0, 0.05) is 5.56 Å². The summed E-state index contributed by atoms with van der Waals surface area (Å²) < 4.78 is 5.27. The minimum Gasteiger partial charge on any atom is -0.327 e. The van der Waals surface area contributed by atoms with Crippen LogP contribution in [-0.4, -0.2) is 20.3 Å². The van der Waals surface area contributed by atoms with Crippen LogP contribution < -0.4 is 0 Å². The van der Waals surface area contributed by atoms with Gasteiger partial charge in [0.1, 0.15) is 22.6 Å².